The van der Waals surface area contributed by atoms with E-state index in [4.69, 9.17) is 4.74 Å². The molecule has 0 aliphatic rings. The smallest absolute Gasteiger partial charge is 0.337 e. The molecule has 0 saturated carbocycles. The Labute approximate surface area is 120 Å². The predicted molar refractivity (Wildman–Crippen MR) is 77.3 cm³/mol. The third-order valence-corrected chi connectivity index (χ3v) is 3.71. The summed E-state index contributed by atoms with van der Waals surface area (Å²) in [6.07, 6.45) is 1.92. The molecule has 19 heavy (non-hydrogen) atoms. The second-order valence-corrected chi connectivity index (χ2v) is 5.51. The van der Waals surface area contributed by atoms with Gasteiger partial charge < -0.3 is 14.4 Å². The van der Waals surface area contributed by atoms with Gasteiger partial charge >= 0.3 is 5.97 Å². The molecule has 1 N–H and O–H groups in total. The topological polar surface area (TPSA) is 51.5 Å². The molecule has 0 aliphatic carbocycles. The van der Waals surface area contributed by atoms with E-state index in [-0.39, 0.29) is 18.6 Å². The lowest BCUT2D eigenvalue weighted by atomic mass is 10.1. The first-order valence-corrected chi connectivity index (χ1v) is 6.81. The Bertz CT molecular complexity index is 631. The maximum Gasteiger partial charge on any atom is 0.337 e. The van der Waals surface area contributed by atoms with Crippen molar-refractivity contribution >= 4 is 32.8 Å². The summed E-state index contributed by atoms with van der Waals surface area (Å²) in [5.74, 6) is -0.385. The number of fused-ring (bicyclic) bond motifs is 1. The SMILES string of the molecule is COC(=O)c1cc(Br)c2c(c1)c(CO)cn2C(C)C. The van der Waals surface area contributed by atoms with Crippen LogP contribution < -0.4 is 0 Å². The predicted octanol–water partition coefficient (Wildman–Crippen LogP) is 3.26. The quantitative estimate of drug-likeness (QED) is 0.881. The van der Waals surface area contributed by atoms with Crippen molar-refractivity contribution in [3.63, 3.8) is 0 Å². The van der Waals surface area contributed by atoms with Gasteiger partial charge in [-0.05, 0) is 41.9 Å². The number of aliphatic hydroxyl groups excluding tert-OH is 1. The zero-order valence-electron chi connectivity index (χ0n) is 11.1. The number of benzene rings is 1. The zero-order valence-corrected chi connectivity index (χ0v) is 12.7. The molecule has 102 valence electrons. The lowest BCUT2D eigenvalue weighted by Crippen LogP contribution is -2.02. The van der Waals surface area contributed by atoms with Gasteiger partial charge in [-0.15, -0.1) is 0 Å². The van der Waals surface area contributed by atoms with Crippen LogP contribution in [0.3, 0.4) is 0 Å². The summed E-state index contributed by atoms with van der Waals surface area (Å²) in [7, 11) is 1.35. The molecule has 0 aliphatic heterocycles. The van der Waals surface area contributed by atoms with Crippen LogP contribution in [0.4, 0.5) is 0 Å². The Balaban J connectivity index is 2.77. The van der Waals surface area contributed by atoms with E-state index in [1.165, 1.54) is 7.11 Å². The van der Waals surface area contributed by atoms with Crippen molar-refractivity contribution < 1.29 is 14.6 Å². The average Bonchev–Trinajstić information content (AvgIpc) is 2.77. The van der Waals surface area contributed by atoms with Crippen molar-refractivity contribution in [3.8, 4) is 0 Å². The van der Waals surface area contributed by atoms with Gasteiger partial charge in [-0.1, -0.05) is 0 Å². The molecule has 1 heterocycles. The van der Waals surface area contributed by atoms with Crippen LogP contribution in [-0.2, 0) is 11.3 Å². The van der Waals surface area contributed by atoms with E-state index in [0.717, 1.165) is 20.9 Å². The Morgan fingerprint density at radius 3 is 2.68 bits per heavy atom. The fourth-order valence-corrected chi connectivity index (χ4v) is 2.84. The minimum absolute atomic E-state index is 0.0622. The van der Waals surface area contributed by atoms with Gasteiger partial charge in [0.15, 0.2) is 0 Å². The van der Waals surface area contributed by atoms with E-state index >= 15 is 0 Å². The molecule has 0 unspecified atom stereocenters. The number of hydrogen-bond acceptors (Lipinski definition) is 3. The Morgan fingerprint density at radius 1 is 1.47 bits per heavy atom. The minimum atomic E-state index is -0.385. The van der Waals surface area contributed by atoms with E-state index in [2.05, 4.69) is 34.3 Å². The lowest BCUT2D eigenvalue weighted by Gasteiger charge is -2.11. The Kier molecular flexibility index (Phi) is 3.96. The van der Waals surface area contributed by atoms with Gasteiger partial charge in [0.25, 0.3) is 0 Å². The van der Waals surface area contributed by atoms with E-state index in [9.17, 15) is 9.90 Å². The van der Waals surface area contributed by atoms with Crippen LogP contribution in [0.25, 0.3) is 10.9 Å². The average molecular weight is 326 g/mol. The van der Waals surface area contributed by atoms with Crippen LogP contribution >= 0.6 is 15.9 Å². The monoisotopic (exact) mass is 325 g/mol. The second-order valence-electron chi connectivity index (χ2n) is 4.66. The second kappa shape index (κ2) is 5.35. The summed E-state index contributed by atoms with van der Waals surface area (Å²) < 4.78 is 7.63. The number of aromatic nitrogens is 1. The first-order valence-electron chi connectivity index (χ1n) is 6.01. The van der Waals surface area contributed by atoms with Gasteiger partial charge in [-0.3, -0.25) is 0 Å². The molecular formula is C14H16BrNO3. The third kappa shape index (κ3) is 2.40. The highest BCUT2D eigenvalue weighted by Crippen LogP contribution is 2.32. The number of esters is 1. The fraction of sp³-hybridized carbons (Fsp3) is 0.357. The molecule has 0 radical (unpaired) electrons. The molecule has 0 saturated heterocycles. The molecular weight excluding hydrogens is 310 g/mol. The summed E-state index contributed by atoms with van der Waals surface area (Å²) in [5, 5.41) is 10.3. The van der Waals surface area contributed by atoms with Crippen molar-refractivity contribution in [3.05, 3.63) is 33.9 Å². The van der Waals surface area contributed by atoms with Gasteiger partial charge in [0.05, 0.1) is 24.8 Å². The molecule has 0 spiro atoms. The Morgan fingerprint density at radius 2 is 2.16 bits per heavy atom. The van der Waals surface area contributed by atoms with Crippen LogP contribution in [0, 0.1) is 0 Å². The lowest BCUT2D eigenvalue weighted by molar-refractivity contribution is 0.0601. The van der Waals surface area contributed by atoms with Crippen molar-refractivity contribution in [2.24, 2.45) is 0 Å². The maximum absolute atomic E-state index is 11.6. The Hall–Kier alpha value is -1.33. The van der Waals surface area contributed by atoms with Gasteiger partial charge in [-0.25, -0.2) is 4.79 Å². The number of carbonyl (C=O) groups excluding carboxylic acids is 1. The minimum Gasteiger partial charge on any atom is -0.465 e. The number of halogens is 1. The normalized spacial score (nSPS) is 11.3. The maximum atomic E-state index is 11.6. The van der Waals surface area contributed by atoms with Crippen molar-refractivity contribution in [2.75, 3.05) is 7.11 Å². The highest BCUT2D eigenvalue weighted by Gasteiger charge is 2.16. The molecule has 0 bridgehead atoms. The van der Waals surface area contributed by atoms with Crippen LogP contribution in [0.2, 0.25) is 0 Å². The summed E-state index contributed by atoms with van der Waals surface area (Å²) in [5.41, 5.74) is 2.25. The summed E-state index contributed by atoms with van der Waals surface area (Å²) in [6.45, 7) is 4.08. The number of rotatable bonds is 3. The van der Waals surface area contributed by atoms with Gasteiger partial charge in [0, 0.05) is 27.7 Å². The van der Waals surface area contributed by atoms with E-state index < -0.39 is 0 Å². The van der Waals surface area contributed by atoms with Crippen molar-refractivity contribution in [1.29, 1.82) is 0 Å². The van der Waals surface area contributed by atoms with Crippen LogP contribution in [0.1, 0.15) is 35.8 Å². The zero-order chi connectivity index (χ0) is 14.2. The molecule has 0 amide bonds. The van der Waals surface area contributed by atoms with Gasteiger partial charge in [-0.2, -0.15) is 0 Å². The number of hydrogen-bond donors (Lipinski definition) is 1. The summed E-state index contributed by atoms with van der Waals surface area (Å²) in [4.78, 5) is 11.6. The summed E-state index contributed by atoms with van der Waals surface area (Å²) >= 11 is 3.50. The molecule has 5 heteroatoms. The van der Waals surface area contributed by atoms with Crippen LogP contribution in [0.5, 0.6) is 0 Å². The van der Waals surface area contributed by atoms with E-state index in [1.807, 2.05) is 6.20 Å². The van der Waals surface area contributed by atoms with Crippen molar-refractivity contribution in [1.82, 2.24) is 4.57 Å². The molecule has 2 aromatic rings. The third-order valence-electron chi connectivity index (χ3n) is 3.11. The first-order chi connectivity index (χ1) is 8.99. The fourth-order valence-electron chi connectivity index (χ4n) is 2.18. The van der Waals surface area contributed by atoms with E-state index in [1.54, 1.807) is 12.1 Å². The molecule has 4 nitrogen and oxygen atoms in total. The number of ether oxygens (including phenoxy) is 1. The highest BCUT2D eigenvalue weighted by molar-refractivity contribution is 9.10. The van der Waals surface area contributed by atoms with Gasteiger partial charge in [0.2, 0.25) is 0 Å². The van der Waals surface area contributed by atoms with Gasteiger partial charge in [0.1, 0.15) is 0 Å². The number of aliphatic hydroxyl groups is 1. The molecule has 0 fully saturated rings. The van der Waals surface area contributed by atoms with Crippen LogP contribution in [-0.4, -0.2) is 22.8 Å². The van der Waals surface area contributed by atoms with Crippen molar-refractivity contribution in [2.45, 2.75) is 26.5 Å². The number of nitrogens with zero attached hydrogens (tertiary/aromatic N) is 1. The number of methoxy groups -OCH3 is 1. The molecule has 2 rings (SSSR count). The van der Waals surface area contributed by atoms with Crippen LogP contribution in [0.15, 0.2) is 22.8 Å². The van der Waals surface area contributed by atoms with E-state index in [0.29, 0.717) is 5.56 Å². The summed E-state index contributed by atoms with van der Waals surface area (Å²) in [6, 6.07) is 3.77. The molecule has 0 atom stereocenters. The molecule has 1 aromatic carbocycles. The standard InChI is InChI=1S/C14H16BrNO3/c1-8(2)16-6-10(7-17)11-4-9(14(18)19-3)5-12(15)13(11)16/h4-6,8,17H,7H2,1-3H3. The molecule has 1 aromatic heterocycles. The largest absolute Gasteiger partial charge is 0.465 e. The number of carbonyl (C=O) groups is 1. The first kappa shape index (κ1) is 14.1. The highest BCUT2D eigenvalue weighted by atomic mass is 79.9.